The number of carbonyl (C=O) groups is 1. The molecule has 1 aliphatic rings. The maximum atomic E-state index is 13.4. The van der Waals surface area contributed by atoms with Crippen LogP contribution in [0.25, 0.3) is 0 Å². The van der Waals surface area contributed by atoms with Crippen LogP contribution in [0, 0.1) is 0 Å². The van der Waals surface area contributed by atoms with E-state index in [1.54, 1.807) is 16.5 Å². The molecule has 1 amide bonds. The molecule has 9 nitrogen and oxygen atoms in total. The van der Waals surface area contributed by atoms with E-state index in [2.05, 4.69) is 4.98 Å². The van der Waals surface area contributed by atoms with Gasteiger partial charge in [-0.3, -0.25) is 0 Å². The minimum absolute atomic E-state index is 0.0117. The Hall–Kier alpha value is -2.43. The van der Waals surface area contributed by atoms with Crippen molar-refractivity contribution in [2.24, 2.45) is 7.05 Å². The predicted molar refractivity (Wildman–Crippen MR) is 133 cm³/mol. The number of imidazole rings is 1. The van der Waals surface area contributed by atoms with Crippen molar-refractivity contribution in [1.29, 1.82) is 0 Å². The molecule has 1 saturated heterocycles. The van der Waals surface area contributed by atoms with Crippen LogP contribution in [0.4, 0.5) is 4.79 Å². The minimum atomic E-state index is -3.84. The van der Waals surface area contributed by atoms with E-state index in [0.29, 0.717) is 25.8 Å². The molecule has 2 aromatic rings. The fourth-order valence-electron chi connectivity index (χ4n) is 4.36. The maximum Gasteiger partial charge on any atom is 0.410 e. The second kappa shape index (κ2) is 11.1. The van der Waals surface area contributed by atoms with Crippen molar-refractivity contribution in [1.82, 2.24) is 18.8 Å². The molecule has 1 aromatic carbocycles. The molecular formula is C25H38N4O5S. The first-order valence-electron chi connectivity index (χ1n) is 12.1. The zero-order valence-corrected chi connectivity index (χ0v) is 22.1. The Morgan fingerprint density at radius 3 is 2.51 bits per heavy atom. The second-order valence-corrected chi connectivity index (χ2v) is 12.0. The lowest BCUT2D eigenvalue weighted by atomic mass is 9.93. The van der Waals surface area contributed by atoms with Gasteiger partial charge in [-0.05, 0) is 45.6 Å². The van der Waals surface area contributed by atoms with Gasteiger partial charge in [0.2, 0.25) is 0 Å². The number of rotatable bonds is 9. The normalized spacial score (nSPS) is 20.1. The lowest BCUT2D eigenvalue weighted by Crippen LogP contribution is -2.47. The van der Waals surface area contributed by atoms with Crippen LogP contribution in [0.3, 0.4) is 0 Å². The molecule has 1 aromatic heterocycles. The Morgan fingerprint density at radius 1 is 1.26 bits per heavy atom. The molecule has 0 radical (unpaired) electrons. The largest absolute Gasteiger partial charge is 0.444 e. The number of nitrogens with zero attached hydrogens (tertiary/aromatic N) is 4. The van der Waals surface area contributed by atoms with E-state index in [9.17, 15) is 18.3 Å². The number of benzene rings is 1. The van der Waals surface area contributed by atoms with Crippen LogP contribution in [0.1, 0.15) is 58.4 Å². The summed E-state index contributed by atoms with van der Waals surface area (Å²) in [5.41, 5.74) is 0.261. The van der Waals surface area contributed by atoms with Crippen molar-refractivity contribution in [3.63, 3.8) is 0 Å². The molecule has 1 aliphatic heterocycles. The van der Waals surface area contributed by atoms with E-state index < -0.39 is 33.9 Å². The zero-order valence-electron chi connectivity index (χ0n) is 21.3. The van der Waals surface area contributed by atoms with E-state index in [4.69, 9.17) is 4.74 Å². The molecule has 1 N–H and O–H groups in total. The van der Waals surface area contributed by atoms with Crippen LogP contribution in [0.2, 0.25) is 0 Å². The van der Waals surface area contributed by atoms with E-state index in [-0.39, 0.29) is 24.0 Å². The first-order chi connectivity index (χ1) is 16.4. The van der Waals surface area contributed by atoms with Crippen molar-refractivity contribution in [2.75, 3.05) is 19.6 Å². The molecular weight excluding hydrogens is 468 g/mol. The fourth-order valence-corrected chi connectivity index (χ4v) is 5.81. The summed E-state index contributed by atoms with van der Waals surface area (Å²) in [7, 11) is -2.12. The molecule has 1 fully saturated rings. The van der Waals surface area contributed by atoms with Gasteiger partial charge >= 0.3 is 6.09 Å². The van der Waals surface area contributed by atoms with Crippen LogP contribution in [0.15, 0.2) is 47.9 Å². The quantitative estimate of drug-likeness (QED) is 0.559. The highest BCUT2D eigenvalue weighted by atomic mass is 32.2. The first-order valence-corrected chi connectivity index (χ1v) is 13.6. The van der Waals surface area contributed by atoms with Gasteiger partial charge in [-0.25, -0.2) is 18.2 Å². The molecule has 0 bridgehead atoms. The monoisotopic (exact) mass is 506 g/mol. The number of carbonyl (C=O) groups excluding carboxylic acids is 1. The molecule has 35 heavy (non-hydrogen) atoms. The van der Waals surface area contributed by atoms with Gasteiger partial charge in [0.15, 0.2) is 5.03 Å². The smallest absolute Gasteiger partial charge is 0.410 e. The highest BCUT2D eigenvalue weighted by Crippen LogP contribution is 2.35. The average molecular weight is 507 g/mol. The van der Waals surface area contributed by atoms with Gasteiger partial charge in [-0.1, -0.05) is 37.3 Å². The van der Waals surface area contributed by atoms with E-state index >= 15 is 0 Å². The number of aliphatic hydroxyl groups excluding tert-OH is 1. The SMILES string of the molecule is CCC(O)CCCN(C(=O)OC(C)(C)C)[C@H]1CN(S(=O)(=O)c2cn(C)cn2)C[C@@H]1c1ccccc1. The molecule has 10 heteroatoms. The fraction of sp³-hybridized carbons (Fsp3) is 0.600. The van der Waals surface area contributed by atoms with Gasteiger partial charge in [0.25, 0.3) is 10.0 Å². The average Bonchev–Trinajstić information content (AvgIpc) is 3.43. The third kappa shape index (κ3) is 6.83. The Balaban J connectivity index is 1.95. The summed E-state index contributed by atoms with van der Waals surface area (Å²) in [6.45, 7) is 8.07. The number of aliphatic hydroxyl groups is 1. The van der Waals surface area contributed by atoms with Crippen molar-refractivity contribution in [3.05, 3.63) is 48.4 Å². The lowest BCUT2D eigenvalue weighted by molar-refractivity contribution is 0.0145. The number of aryl methyl sites for hydroxylation is 1. The van der Waals surface area contributed by atoms with Crippen molar-refractivity contribution in [3.8, 4) is 0 Å². The van der Waals surface area contributed by atoms with Crippen LogP contribution in [-0.2, 0) is 21.8 Å². The van der Waals surface area contributed by atoms with Gasteiger partial charge in [0.1, 0.15) is 5.60 Å². The lowest BCUT2D eigenvalue weighted by Gasteiger charge is -2.34. The predicted octanol–water partition coefficient (Wildman–Crippen LogP) is 3.37. The minimum Gasteiger partial charge on any atom is -0.444 e. The van der Waals surface area contributed by atoms with Crippen molar-refractivity contribution < 1.29 is 23.1 Å². The molecule has 194 valence electrons. The van der Waals surface area contributed by atoms with Gasteiger partial charge in [-0.15, -0.1) is 0 Å². The standard InChI is InChI=1S/C25H38N4O5S/c1-6-20(30)13-10-14-29(24(31)34-25(2,3)4)22-16-28(15-21(22)19-11-8-7-9-12-19)35(32,33)23-17-27(5)18-26-23/h7-9,11-12,17-18,20-22,30H,6,10,13-16H2,1-5H3/t20?,21-,22+/m1/s1. The van der Waals surface area contributed by atoms with Gasteiger partial charge < -0.3 is 19.3 Å². The summed E-state index contributed by atoms with van der Waals surface area (Å²) >= 11 is 0. The van der Waals surface area contributed by atoms with Crippen LogP contribution in [-0.4, -0.2) is 75.8 Å². The summed E-state index contributed by atoms with van der Waals surface area (Å²) < 4.78 is 35.6. The number of hydrogen-bond acceptors (Lipinski definition) is 6. The van der Waals surface area contributed by atoms with Crippen LogP contribution >= 0.6 is 0 Å². The second-order valence-electron chi connectivity index (χ2n) is 10.2. The van der Waals surface area contributed by atoms with Crippen LogP contribution < -0.4 is 0 Å². The number of amides is 1. The highest BCUT2D eigenvalue weighted by Gasteiger charge is 2.45. The zero-order chi connectivity index (χ0) is 25.8. The Kier molecular flexibility index (Phi) is 8.61. The molecule has 0 spiro atoms. The number of hydrogen-bond donors (Lipinski definition) is 1. The number of aromatic nitrogens is 2. The van der Waals surface area contributed by atoms with E-state index in [1.165, 1.54) is 16.8 Å². The molecule has 3 rings (SSSR count). The maximum absolute atomic E-state index is 13.4. The summed E-state index contributed by atoms with van der Waals surface area (Å²) in [5.74, 6) is -0.238. The Labute approximate surface area is 208 Å². The summed E-state index contributed by atoms with van der Waals surface area (Å²) in [4.78, 5) is 19.1. The summed E-state index contributed by atoms with van der Waals surface area (Å²) in [5, 5.41) is 10.0. The van der Waals surface area contributed by atoms with Crippen LogP contribution in [0.5, 0.6) is 0 Å². The molecule has 1 unspecified atom stereocenters. The van der Waals surface area contributed by atoms with Crippen molar-refractivity contribution in [2.45, 2.75) is 75.6 Å². The topological polar surface area (TPSA) is 105 Å². The van der Waals surface area contributed by atoms with Gasteiger partial charge in [-0.2, -0.15) is 4.31 Å². The van der Waals surface area contributed by atoms with Gasteiger partial charge in [0, 0.05) is 38.8 Å². The number of sulfonamides is 1. The Morgan fingerprint density at radius 2 is 1.94 bits per heavy atom. The number of ether oxygens (including phenoxy) is 1. The summed E-state index contributed by atoms with van der Waals surface area (Å²) in [6.07, 6.45) is 3.79. The van der Waals surface area contributed by atoms with Crippen molar-refractivity contribution >= 4 is 16.1 Å². The highest BCUT2D eigenvalue weighted by molar-refractivity contribution is 7.89. The van der Waals surface area contributed by atoms with Gasteiger partial charge in [0.05, 0.1) is 18.5 Å². The summed E-state index contributed by atoms with van der Waals surface area (Å²) in [6, 6.07) is 9.23. The molecule has 0 saturated carbocycles. The van der Waals surface area contributed by atoms with E-state index in [0.717, 1.165) is 5.56 Å². The van der Waals surface area contributed by atoms with E-state index in [1.807, 2.05) is 58.0 Å². The third-order valence-corrected chi connectivity index (χ3v) is 7.92. The first kappa shape index (κ1) is 27.2. The molecule has 3 atom stereocenters. The third-order valence-electron chi connectivity index (χ3n) is 6.20. The molecule has 0 aliphatic carbocycles. The Bertz CT molecular complexity index is 1080. The molecule has 2 heterocycles.